The molecular weight excluding hydrogens is 356 g/mol. The fraction of sp³-hybridized carbons (Fsp3) is 0.579. The Hall–Kier alpha value is -1.79. The second kappa shape index (κ2) is 7.84. The maximum absolute atomic E-state index is 13.0. The van der Waals surface area contributed by atoms with Crippen molar-refractivity contribution in [3.05, 3.63) is 29.3 Å². The van der Waals surface area contributed by atoms with E-state index >= 15 is 0 Å². The number of hydrogen-bond donors (Lipinski definition) is 1. The number of fused-ring (bicyclic) bond motifs is 1. The van der Waals surface area contributed by atoms with Crippen LogP contribution in [0, 0.1) is 0 Å². The van der Waals surface area contributed by atoms with Crippen molar-refractivity contribution in [1.29, 1.82) is 0 Å². The lowest BCUT2D eigenvalue weighted by molar-refractivity contribution is -0.119. The Morgan fingerprint density at radius 2 is 2.19 bits per heavy atom. The number of hydrogen-bond acceptors (Lipinski definition) is 4. The molecule has 1 atom stereocenters. The number of nitrogens with zero attached hydrogens (tertiary/aromatic N) is 1. The highest BCUT2D eigenvalue weighted by Gasteiger charge is 2.33. The van der Waals surface area contributed by atoms with Gasteiger partial charge in [-0.1, -0.05) is 13.8 Å². The summed E-state index contributed by atoms with van der Waals surface area (Å²) in [7, 11) is 0. The number of halogens is 1. The van der Waals surface area contributed by atoms with Crippen LogP contribution >= 0.6 is 11.6 Å². The third kappa shape index (κ3) is 4.13. The molecular formula is C19H25ClN2O4. The van der Waals surface area contributed by atoms with Gasteiger partial charge in [-0.25, -0.2) is 0 Å². The Labute approximate surface area is 158 Å². The van der Waals surface area contributed by atoms with Crippen LogP contribution in [0.5, 0.6) is 5.75 Å². The number of nitrogens with one attached hydrogen (secondary N) is 1. The summed E-state index contributed by atoms with van der Waals surface area (Å²) < 4.78 is 11.4. The summed E-state index contributed by atoms with van der Waals surface area (Å²) in [6.07, 6.45) is 0.536. The summed E-state index contributed by atoms with van der Waals surface area (Å²) in [5.41, 5.74) is 1.63. The van der Waals surface area contributed by atoms with Gasteiger partial charge < -0.3 is 19.7 Å². The Balaban J connectivity index is 1.71. The molecule has 0 bridgehead atoms. The fourth-order valence-corrected chi connectivity index (χ4v) is 3.41. The van der Waals surface area contributed by atoms with Gasteiger partial charge in [0.2, 0.25) is 5.91 Å². The lowest BCUT2D eigenvalue weighted by Gasteiger charge is -2.25. The number of rotatable bonds is 4. The zero-order valence-electron chi connectivity index (χ0n) is 15.2. The van der Waals surface area contributed by atoms with Crippen molar-refractivity contribution in [2.45, 2.75) is 31.8 Å². The monoisotopic (exact) mass is 380 g/mol. The second-order valence-electron chi connectivity index (χ2n) is 7.42. The third-order valence-electron chi connectivity index (χ3n) is 4.83. The predicted octanol–water partition coefficient (Wildman–Crippen LogP) is 1.94. The van der Waals surface area contributed by atoms with E-state index in [0.29, 0.717) is 38.4 Å². The van der Waals surface area contributed by atoms with E-state index in [9.17, 15) is 9.59 Å². The summed E-state index contributed by atoms with van der Waals surface area (Å²) in [5.74, 6) is 0.517. The molecule has 1 saturated heterocycles. The van der Waals surface area contributed by atoms with Crippen molar-refractivity contribution in [2.75, 3.05) is 38.7 Å². The second-order valence-corrected chi connectivity index (χ2v) is 7.69. The number of carbonyl (C=O) groups is 2. The molecule has 0 spiro atoms. The minimum atomic E-state index is -0.238. The van der Waals surface area contributed by atoms with Crippen molar-refractivity contribution >= 4 is 23.4 Å². The summed E-state index contributed by atoms with van der Waals surface area (Å²) >= 11 is 5.50. The van der Waals surface area contributed by atoms with Crippen molar-refractivity contribution in [3.63, 3.8) is 0 Å². The molecule has 2 aliphatic heterocycles. The molecule has 1 aromatic carbocycles. The van der Waals surface area contributed by atoms with E-state index in [2.05, 4.69) is 19.2 Å². The fourth-order valence-electron chi connectivity index (χ4n) is 3.31. The zero-order chi connectivity index (χ0) is 18.7. The molecule has 7 heteroatoms. The molecule has 6 nitrogen and oxygen atoms in total. The molecule has 0 saturated carbocycles. The van der Waals surface area contributed by atoms with Crippen molar-refractivity contribution in [3.8, 4) is 5.75 Å². The molecule has 2 amide bonds. The average Bonchev–Trinajstić information content (AvgIpc) is 2.81. The largest absolute Gasteiger partial charge is 0.492 e. The van der Waals surface area contributed by atoms with E-state index in [1.54, 1.807) is 4.90 Å². The third-order valence-corrected chi connectivity index (χ3v) is 5.07. The number of alkyl halides is 1. The molecule has 1 fully saturated rings. The van der Waals surface area contributed by atoms with Crippen LogP contribution < -0.4 is 10.1 Å². The van der Waals surface area contributed by atoms with Gasteiger partial charge in [-0.2, -0.15) is 0 Å². The van der Waals surface area contributed by atoms with Gasteiger partial charge in [0.1, 0.15) is 11.6 Å². The first-order valence-electron chi connectivity index (χ1n) is 8.91. The molecule has 26 heavy (non-hydrogen) atoms. The molecule has 0 aliphatic carbocycles. The number of benzene rings is 1. The van der Waals surface area contributed by atoms with Gasteiger partial charge in [0.05, 0.1) is 12.7 Å². The van der Waals surface area contributed by atoms with Gasteiger partial charge in [0.15, 0.2) is 0 Å². The highest BCUT2D eigenvalue weighted by atomic mass is 35.5. The number of carbonyl (C=O) groups excluding carboxylic acids is 2. The van der Waals surface area contributed by atoms with Gasteiger partial charge in [0, 0.05) is 42.8 Å². The zero-order valence-corrected chi connectivity index (χ0v) is 16.0. The first-order chi connectivity index (χ1) is 12.4. The van der Waals surface area contributed by atoms with Crippen LogP contribution in [0.2, 0.25) is 0 Å². The van der Waals surface area contributed by atoms with Crippen LogP contribution in [0.25, 0.3) is 0 Å². The van der Waals surface area contributed by atoms with Gasteiger partial charge in [-0.3, -0.25) is 9.59 Å². The molecule has 0 aromatic heterocycles. The Morgan fingerprint density at radius 3 is 2.96 bits per heavy atom. The van der Waals surface area contributed by atoms with Gasteiger partial charge in [-0.05, 0) is 24.6 Å². The SMILES string of the molecule is CC1(C)COc2ccc(C(=O)N3CCCOC(CNC(=O)CCl)C3)cc21. The maximum atomic E-state index is 13.0. The van der Waals surface area contributed by atoms with Gasteiger partial charge in [-0.15, -0.1) is 11.6 Å². The molecule has 1 aromatic rings. The highest BCUT2D eigenvalue weighted by molar-refractivity contribution is 6.27. The van der Waals surface area contributed by atoms with Gasteiger partial charge >= 0.3 is 0 Å². The normalized spacial score (nSPS) is 21.5. The first kappa shape index (κ1) is 19.0. The minimum Gasteiger partial charge on any atom is -0.492 e. The average molecular weight is 381 g/mol. The minimum absolute atomic E-state index is 0.0188. The van der Waals surface area contributed by atoms with Crippen molar-refractivity contribution < 1.29 is 19.1 Å². The number of ether oxygens (including phenoxy) is 2. The summed E-state index contributed by atoms with van der Waals surface area (Å²) in [5, 5.41) is 2.72. The van der Waals surface area contributed by atoms with E-state index in [4.69, 9.17) is 21.1 Å². The topological polar surface area (TPSA) is 67.9 Å². The van der Waals surface area contributed by atoms with Crippen LogP contribution in [-0.2, 0) is 14.9 Å². The van der Waals surface area contributed by atoms with Crippen molar-refractivity contribution in [1.82, 2.24) is 10.2 Å². The molecule has 2 aliphatic rings. The highest BCUT2D eigenvalue weighted by Crippen LogP contribution is 2.38. The maximum Gasteiger partial charge on any atom is 0.253 e. The Bertz CT molecular complexity index is 692. The van der Waals surface area contributed by atoms with E-state index in [1.807, 2.05) is 18.2 Å². The Kier molecular flexibility index (Phi) is 5.73. The van der Waals surface area contributed by atoms with Crippen LogP contribution in [0.4, 0.5) is 0 Å². The molecule has 0 radical (unpaired) electrons. The van der Waals surface area contributed by atoms with Gasteiger partial charge in [0.25, 0.3) is 5.91 Å². The predicted molar refractivity (Wildman–Crippen MR) is 99.0 cm³/mol. The van der Waals surface area contributed by atoms with E-state index < -0.39 is 0 Å². The number of amides is 2. The van der Waals surface area contributed by atoms with E-state index in [0.717, 1.165) is 17.7 Å². The van der Waals surface area contributed by atoms with Crippen LogP contribution in [0.3, 0.4) is 0 Å². The van der Waals surface area contributed by atoms with Crippen LogP contribution in [0.1, 0.15) is 36.2 Å². The quantitative estimate of drug-likeness (QED) is 0.810. The molecule has 142 valence electrons. The first-order valence-corrected chi connectivity index (χ1v) is 9.45. The van der Waals surface area contributed by atoms with Crippen molar-refractivity contribution in [2.24, 2.45) is 0 Å². The standard InChI is InChI=1S/C19H25ClN2O4/c1-19(2)12-26-16-5-4-13(8-15(16)19)18(24)22-6-3-7-25-14(11-22)10-21-17(23)9-20/h4-5,8,14H,3,6-7,9-12H2,1-2H3,(H,21,23). The van der Waals surface area contributed by atoms with E-state index in [-0.39, 0.29) is 29.2 Å². The summed E-state index contributed by atoms with van der Waals surface area (Å²) in [6, 6.07) is 5.64. The van der Waals surface area contributed by atoms with Crippen LogP contribution in [-0.4, -0.2) is 61.5 Å². The Morgan fingerprint density at radius 1 is 1.38 bits per heavy atom. The summed E-state index contributed by atoms with van der Waals surface area (Å²) in [4.78, 5) is 26.2. The summed E-state index contributed by atoms with van der Waals surface area (Å²) in [6.45, 7) is 6.84. The van der Waals surface area contributed by atoms with Crippen LogP contribution in [0.15, 0.2) is 18.2 Å². The lowest BCUT2D eigenvalue weighted by Crippen LogP contribution is -2.42. The molecule has 1 N–H and O–H groups in total. The van der Waals surface area contributed by atoms with E-state index in [1.165, 1.54) is 0 Å². The smallest absolute Gasteiger partial charge is 0.253 e. The molecule has 3 rings (SSSR count). The lowest BCUT2D eigenvalue weighted by atomic mass is 9.86. The molecule has 2 heterocycles. The molecule has 1 unspecified atom stereocenters.